The third kappa shape index (κ3) is 2.89. The van der Waals surface area contributed by atoms with Gasteiger partial charge < -0.3 is 19.9 Å². The van der Waals surface area contributed by atoms with Crippen molar-refractivity contribution < 1.29 is 9.53 Å². The van der Waals surface area contributed by atoms with E-state index in [-0.39, 0.29) is 5.69 Å². The number of esters is 1. The zero-order valence-corrected chi connectivity index (χ0v) is 11.6. The van der Waals surface area contributed by atoms with Crippen molar-refractivity contribution in [3.63, 3.8) is 0 Å². The van der Waals surface area contributed by atoms with Crippen LogP contribution in [0.5, 0.6) is 0 Å². The van der Waals surface area contributed by atoms with Crippen LogP contribution in [0.25, 0.3) is 0 Å². The van der Waals surface area contributed by atoms with Gasteiger partial charge in [0.25, 0.3) is 0 Å². The van der Waals surface area contributed by atoms with Crippen molar-refractivity contribution in [2.45, 2.75) is 32.7 Å². The highest BCUT2D eigenvalue weighted by molar-refractivity contribution is 5.92. The van der Waals surface area contributed by atoms with Crippen molar-refractivity contribution in [2.24, 2.45) is 0 Å². The lowest BCUT2D eigenvalue weighted by Gasteiger charge is -2.32. The fraction of sp³-hybridized carbons (Fsp3) is 0.692. The Morgan fingerprint density at radius 3 is 3.05 bits per heavy atom. The Labute approximate surface area is 113 Å². The average Bonchev–Trinajstić information content (AvgIpc) is 2.81. The van der Waals surface area contributed by atoms with Crippen LogP contribution >= 0.6 is 0 Å². The van der Waals surface area contributed by atoms with Gasteiger partial charge in [0.1, 0.15) is 5.82 Å². The molecule has 1 aromatic heterocycles. The monoisotopic (exact) mass is 266 g/mol. The number of nitrogens with zero attached hydrogens (tertiary/aromatic N) is 3. The van der Waals surface area contributed by atoms with Gasteiger partial charge in [-0.2, -0.15) is 0 Å². The summed E-state index contributed by atoms with van der Waals surface area (Å²) in [5.41, 5.74) is 6.27. The van der Waals surface area contributed by atoms with Crippen LogP contribution < -0.4 is 5.73 Å². The number of carbonyl (C=O) groups is 1. The molecule has 0 saturated carbocycles. The molecule has 0 aliphatic carbocycles. The van der Waals surface area contributed by atoms with Gasteiger partial charge in [-0.3, -0.25) is 0 Å². The van der Waals surface area contributed by atoms with Gasteiger partial charge in [0.05, 0.1) is 12.9 Å². The topological polar surface area (TPSA) is 73.4 Å². The summed E-state index contributed by atoms with van der Waals surface area (Å²) in [5.74, 6) is -0.0247. The van der Waals surface area contributed by atoms with E-state index in [1.807, 2.05) is 4.57 Å². The molecule has 2 rings (SSSR count). The Balaban J connectivity index is 2.15. The van der Waals surface area contributed by atoms with Crippen LogP contribution in [0.2, 0.25) is 0 Å². The van der Waals surface area contributed by atoms with E-state index in [2.05, 4.69) is 16.8 Å². The fourth-order valence-electron chi connectivity index (χ4n) is 2.56. The largest absolute Gasteiger partial charge is 0.461 e. The molecule has 0 spiro atoms. The molecule has 6 heteroatoms. The summed E-state index contributed by atoms with van der Waals surface area (Å²) < 4.78 is 6.86. The Kier molecular flexibility index (Phi) is 4.42. The van der Waals surface area contributed by atoms with Crippen molar-refractivity contribution >= 4 is 11.8 Å². The first-order valence-corrected chi connectivity index (χ1v) is 6.89. The predicted molar refractivity (Wildman–Crippen MR) is 73.0 cm³/mol. The van der Waals surface area contributed by atoms with Crippen molar-refractivity contribution in [3.8, 4) is 0 Å². The van der Waals surface area contributed by atoms with Gasteiger partial charge in [-0.15, -0.1) is 0 Å². The van der Waals surface area contributed by atoms with E-state index in [1.54, 1.807) is 13.3 Å². The smallest absolute Gasteiger partial charge is 0.360 e. The molecular formula is C13H22N4O2. The molecule has 1 saturated heterocycles. The number of piperidine rings is 1. The van der Waals surface area contributed by atoms with Crippen molar-refractivity contribution in [1.82, 2.24) is 14.5 Å². The molecule has 2 N–H and O–H groups in total. The molecule has 0 radical (unpaired) electrons. The number of aromatic nitrogens is 2. The molecule has 1 aliphatic heterocycles. The summed E-state index contributed by atoms with van der Waals surface area (Å²) in [6.07, 6.45) is 3.87. The van der Waals surface area contributed by atoms with Crippen molar-refractivity contribution in [3.05, 3.63) is 12.0 Å². The van der Waals surface area contributed by atoms with Crippen LogP contribution in [0.4, 0.5) is 5.82 Å². The third-order valence-electron chi connectivity index (χ3n) is 3.62. The number of rotatable bonds is 4. The van der Waals surface area contributed by atoms with Crippen LogP contribution in [0, 0.1) is 0 Å². The van der Waals surface area contributed by atoms with E-state index in [1.165, 1.54) is 0 Å². The Morgan fingerprint density at radius 2 is 2.37 bits per heavy atom. The molecule has 0 amide bonds. The third-order valence-corrected chi connectivity index (χ3v) is 3.62. The van der Waals surface area contributed by atoms with Gasteiger partial charge in [0.15, 0.2) is 5.69 Å². The van der Waals surface area contributed by atoms with Crippen LogP contribution in [-0.4, -0.2) is 46.7 Å². The molecule has 0 aromatic carbocycles. The summed E-state index contributed by atoms with van der Waals surface area (Å²) in [6, 6.07) is 0.296. The number of likely N-dealkylation sites (N-methyl/N-ethyl adjacent to an activating group) is 1. The minimum atomic E-state index is -0.443. The van der Waals surface area contributed by atoms with E-state index >= 15 is 0 Å². The number of hydrogen-bond donors (Lipinski definition) is 1. The molecule has 106 valence electrons. The molecule has 1 fully saturated rings. The van der Waals surface area contributed by atoms with Gasteiger partial charge in [-0.25, -0.2) is 9.78 Å². The van der Waals surface area contributed by atoms with Gasteiger partial charge in [0.2, 0.25) is 0 Å². The Morgan fingerprint density at radius 1 is 1.58 bits per heavy atom. The highest BCUT2D eigenvalue weighted by Gasteiger charge is 2.25. The first kappa shape index (κ1) is 13.9. The lowest BCUT2D eigenvalue weighted by atomic mass is 10.1. The van der Waals surface area contributed by atoms with Crippen molar-refractivity contribution in [1.29, 1.82) is 0 Å². The van der Waals surface area contributed by atoms with Crippen LogP contribution in [0.3, 0.4) is 0 Å². The number of ether oxygens (including phenoxy) is 1. The minimum Gasteiger partial charge on any atom is -0.461 e. The maximum Gasteiger partial charge on any atom is 0.360 e. The second-order valence-corrected chi connectivity index (χ2v) is 4.80. The summed E-state index contributed by atoms with van der Waals surface area (Å²) in [5, 5.41) is 0. The summed E-state index contributed by atoms with van der Waals surface area (Å²) in [6.45, 7) is 7.38. The molecule has 19 heavy (non-hydrogen) atoms. The average molecular weight is 266 g/mol. The minimum absolute atomic E-state index is 0.232. The maximum atomic E-state index is 11.7. The molecule has 1 aliphatic rings. The van der Waals surface area contributed by atoms with E-state index in [4.69, 9.17) is 10.5 Å². The lowest BCUT2D eigenvalue weighted by molar-refractivity contribution is 0.0521. The van der Waals surface area contributed by atoms with E-state index < -0.39 is 5.97 Å². The Hall–Kier alpha value is -1.56. The predicted octanol–water partition coefficient (Wildman–Crippen LogP) is 1.30. The van der Waals surface area contributed by atoms with E-state index in [0.717, 1.165) is 32.5 Å². The molecular weight excluding hydrogens is 244 g/mol. The van der Waals surface area contributed by atoms with Crippen molar-refractivity contribution in [2.75, 3.05) is 32.0 Å². The number of hydrogen-bond acceptors (Lipinski definition) is 5. The quantitative estimate of drug-likeness (QED) is 0.831. The van der Waals surface area contributed by atoms with Gasteiger partial charge in [-0.05, 0) is 32.9 Å². The van der Waals surface area contributed by atoms with Crippen LogP contribution in [-0.2, 0) is 4.74 Å². The molecule has 2 heterocycles. The van der Waals surface area contributed by atoms with Crippen LogP contribution in [0.1, 0.15) is 43.2 Å². The SMILES string of the molecule is CCOC(=O)c1ncn(C2CCCN(CC)C2)c1N. The van der Waals surface area contributed by atoms with Crippen LogP contribution in [0.15, 0.2) is 6.33 Å². The first-order chi connectivity index (χ1) is 9.17. The highest BCUT2D eigenvalue weighted by Crippen LogP contribution is 2.25. The number of imidazole rings is 1. The molecule has 1 atom stereocenters. The standard InChI is InChI=1S/C13H22N4O2/c1-3-16-7-5-6-10(8-16)17-9-15-11(12(17)14)13(18)19-4-2/h9-10H,3-8,14H2,1-2H3. The lowest BCUT2D eigenvalue weighted by Crippen LogP contribution is -2.36. The number of likely N-dealkylation sites (tertiary alicyclic amines) is 1. The molecule has 6 nitrogen and oxygen atoms in total. The molecule has 0 bridgehead atoms. The summed E-state index contributed by atoms with van der Waals surface area (Å²) in [4.78, 5) is 18.2. The molecule has 1 aromatic rings. The number of nitrogen functional groups attached to an aromatic ring is 1. The van der Waals surface area contributed by atoms with E-state index in [9.17, 15) is 4.79 Å². The number of anilines is 1. The maximum absolute atomic E-state index is 11.7. The van der Waals surface area contributed by atoms with Gasteiger partial charge in [0, 0.05) is 12.6 Å². The number of nitrogens with two attached hydrogens (primary N) is 1. The summed E-state index contributed by atoms with van der Waals surface area (Å²) in [7, 11) is 0. The highest BCUT2D eigenvalue weighted by atomic mass is 16.5. The van der Waals surface area contributed by atoms with E-state index in [0.29, 0.717) is 18.5 Å². The zero-order chi connectivity index (χ0) is 13.8. The summed E-state index contributed by atoms with van der Waals surface area (Å²) >= 11 is 0. The Bertz CT molecular complexity index is 444. The normalized spacial score (nSPS) is 20.4. The second kappa shape index (κ2) is 6.06. The second-order valence-electron chi connectivity index (χ2n) is 4.80. The fourth-order valence-corrected chi connectivity index (χ4v) is 2.56. The number of carbonyl (C=O) groups excluding carboxylic acids is 1. The molecule has 1 unspecified atom stereocenters. The van der Waals surface area contributed by atoms with Gasteiger partial charge in [-0.1, -0.05) is 6.92 Å². The first-order valence-electron chi connectivity index (χ1n) is 6.89. The zero-order valence-electron chi connectivity index (χ0n) is 11.6. The van der Waals surface area contributed by atoms with Gasteiger partial charge >= 0.3 is 5.97 Å².